The van der Waals surface area contributed by atoms with Gasteiger partial charge in [-0.15, -0.1) is 0 Å². The fourth-order valence-electron chi connectivity index (χ4n) is 4.52. The van der Waals surface area contributed by atoms with Gasteiger partial charge >= 0.3 is 0 Å². The zero-order valence-electron chi connectivity index (χ0n) is 20.8. The Bertz CT molecular complexity index is 1730. The van der Waals surface area contributed by atoms with E-state index in [1.807, 2.05) is 91.2 Å². The Kier molecular flexibility index (Phi) is 6.58. The molecule has 1 atom stereocenters. The fraction of sp³-hybridized carbons (Fsp3) is 0.0606. The molecule has 5 nitrogen and oxygen atoms in total. The van der Waals surface area contributed by atoms with E-state index in [2.05, 4.69) is 41.7 Å². The van der Waals surface area contributed by atoms with Crippen LogP contribution in [-0.2, 0) is 0 Å². The summed E-state index contributed by atoms with van der Waals surface area (Å²) in [5.41, 5.74) is 11.5. The SMILES string of the molecule is NC(/C=C1/C=c2ccccc2=CN1)c1cccc(-c2nc(C3=CC=CC=CC3)nc(-c3ccccc3)n2)c1. The van der Waals surface area contributed by atoms with Crippen LogP contribution in [0, 0.1) is 0 Å². The third kappa shape index (κ3) is 5.14. The Labute approximate surface area is 221 Å². The van der Waals surface area contributed by atoms with E-state index in [9.17, 15) is 0 Å². The molecule has 6 rings (SSSR count). The van der Waals surface area contributed by atoms with Crippen molar-refractivity contribution >= 4 is 17.8 Å². The largest absolute Gasteiger partial charge is 0.361 e. The van der Waals surface area contributed by atoms with Gasteiger partial charge in [-0.1, -0.05) is 103 Å². The Hall–Kier alpha value is -4.87. The molecule has 0 bridgehead atoms. The average molecular weight is 494 g/mol. The molecule has 2 heterocycles. The molecule has 3 aromatic carbocycles. The Morgan fingerprint density at radius 3 is 2.34 bits per heavy atom. The minimum absolute atomic E-state index is 0.304. The van der Waals surface area contributed by atoms with Gasteiger partial charge in [0.1, 0.15) is 0 Å². The molecule has 0 saturated carbocycles. The van der Waals surface area contributed by atoms with Crippen LogP contribution in [0.15, 0.2) is 121 Å². The number of hydrogen-bond acceptors (Lipinski definition) is 5. The van der Waals surface area contributed by atoms with Gasteiger partial charge in [-0.25, -0.2) is 15.0 Å². The molecule has 0 fully saturated rings. The van der Waals surface area contributed by atoms with Crippen LogP contribution in [0.3, 0.4) is 0 Å². The number of fused-ring (bicyclic) bond motifs is 1. The monoisotopic (exact) mass is 493 g/mol. The maximum Gasteiger partial charge on any atom is 0.164 e. The molecule has 2 aliphatic rings. The molecule has 184 valence electrons. The molecule has 0 saturated heterocycles. The molecule has 1 unspecified atom stereocenters. The molecule has 1 aromatic heterocycles. The number of nitrogens with one attached hydrogen (secondary N) is 1. The zero-order chi connectivity index (χ0) is 25.7. The number of aromatic nitrogens is 3. The van der Waals surface area contributed by atoms with Crippen molar-refractivity contribution in [3.63, 3.8) is 0 Å². The molecule has 3 N–H and O–H groups in total. The van der Waals surface area contributed by atoms with Gasteiger partial charge < -0.3 is 11.1 Å². The Balaban J connectivity index is 1.38. The summed E-state index contributed by atoms with van der Waals surface area (Å²) in [6.45, 7) is 0. The molecule has 5 heteroatoms. The van der Waals surface area contributed by atoms with E-state index in [4.69, 9.17) is 20.7 Å². The van der Waals surface area contributed by atoms with Crippen molar-refractivity contribution in [2.75, 3.05) is 0 Å². The van der Waals surface area contributed by atoms with E-state index in [-0.39, 0.29) is 6.04 Å². The molecule has 0 radical (unpaired) electrons. The van der Waals surface area contributed by atoms with Gasteiger partial charge in [0.05, 0.1) is 6.04 Å². The normalized spacial score (nSPS) is 15.9. The smallest absolute Gasteiger partial charge is 0.164 e. The molecular formula is C33H27N5. The van der Waals surface area contributed by atoms with Gasteiger partial charge in [0.2, 0.25) is 0 Å². The lowest BCUT2D eigenvalue weighted by Gasteiger charge is -2.14. The first-order chi connectivity index (χ1) is 18.7. The van der Waals surface area contributed by atoms with Crippen LogP contribution in [0.4, 0.5) is 0 Å². The molecule has 0 spiro atoms. The number of nitrogens with two attached hydrogens (primary N) is 1. The average Bonchev–Trinajstić information content (AvgIpc) is 3.27. The minimum Gasteiger partial charge on any atom is -0.361 e. The van der Waals surface area contributed by atoms with Gasteiger partial charge in [0.25, 0.3) is 0 Å². The maximum atomic E-state index is 6.65. The standard InChI is InChI=1S/C33H27N5/c34-30(21-29-20-25-15-8-9-16-28(25)22-35-29)26-17-10-18-27(19-26)33-37-31(23-11-4-1-2-5-12-23)36-32(38-33)24-13-6-3-7-14-24/h1-11,13-22,30,35H,12,34H2/b29-21-. The molecule has 4 aromatic rings. The third-order valence-corrected chi connectivity index (χ3v) is 6.54. The van der Waals surface area contributed by atoms with Crippen LogP contribution in [0.5, 0.6) is 0 Å². The van der Waals surface area contributed by atoms with Gasteiger partial charge in [-0.05, 0) is 40.6 Å². The summed E-state index contributed by atoms with van der Waals surface area (Å²) in [5, 5.41) is 5.68. The van der Waals surface area contributed by atoms with Crippen molar-refractivity contribution < 1.29 is 0 Å². The number of benzene rings is 3. The Morgan fingerprint density at radius 2 is 1.47 bits per heavy atom. The van der Waals surface area contributed by atoms with E-state index in [1.54, 1.807) is 0 Å². The second-order valence-electron chi connectivity index (χ2n) is 9.22. The lowest BCUT2D eigenvalue weighted by Crippen LogP contribution is -2.31. The van der Waals surface area contributed by atoms with Crippen molar-refractivity contribution in [3.8, 4) is 22.8 Å². The summed E-state index contributed by atoms with van der Waals surface area (Å²) in [5.74, 6) is 1.95. The predicted octanol–water partition coefficient (Wildman–Crippen LogP) is 4.81. The van der Waals surface area contributed by atoms with Crippen LogP contribution in [-0.4, -0.2) is 15.0 Å². The molecule has 0 amide bonds. The quantitative estimate of drug-likeness (QED) is 0.417. The lowest BCUT2D eigenvalue weighted by molar-refractivity contribution is 0.894. The van der Waals surface area contributed by atoms with Crippen LogP contribution < -0.4 is 21.5 Å². The van der Waals surface area contributed by atoms with Gasteiger partial charge in [0.15, 0.2) is 17.5 Å². The number of nitrogens with zero attached hydrogens (tertiary/aromatic N) is 3. The van der Waals surface area contributed by atoms with E-state index in [0.717, 1.165) is 39.6 Å². The van der Waals surface area contributed by atoms with Gasteiger partial charge in [0, 0.05) is 28.6 Å². The van der Waals surface area contributed by atoms with E-state index in [1.165, 1.54) is 5.22 Å². The molecule has 1 aliphatic carbocycles. The summed E-state index contributed by atoms with van der Waals surface area (Å²) >= 11 is 0. The van der Waals surface area contributed by atoms with Crippen LogP contribution in [0.25, 0.3) is 40.6 Å². The maximum absolute atomic E-state index is 6.65. The summed E-state index contributed by atoms with van der Waals surface area (Å²) in [7, 11) is 0. The number of allylic oxidation sites excluding steroid dienone is 7. The molecular weight excluding hydrogens is 466 g/mol. The second kappa shape index (κ2) is 10.6. The topological polar surface area (TPSA) is 76.7 Å². The van der Waals surface area contributed by atoms with Crippen molar-refractivity contribution in [3.05, 3.63) is 143 Å². The number of hydrogen-bond donors (Lipinski definition) is 2. The summed E-state index contributed by atoms with van der Waals surface area (Å²) < 4.78 is 0. The molecule has 1 aliphatic heterocycles. The highest BCUT2D eigenvalue weighted by atomic mass is 15.0. The highest BCUT2D eigenvalue weighted by Gasteiger charge is 2.15. The second-order valence-corrected chi connectivity index (χ2v) is 9.22. The van der Waals surface area contributed by atoms with Crippen molar-refractivity contribution in [1.82, 2.24) is 20.3 Å². The van der Waals surface area contributed by atoms with Gasteiger partial charge in [-0.2, -0.15) is 0 Å². The van der Waals surface area contributed by atoms with E-state index in [0.29, 0.717) is 17.5 Å². The minimum atomic E-state index is -0.304. The summed E-state index contributed by atoms with van der Waals surface area (Å²) in [6.07, 6.45) is 17.2. The predicted molar refractivity (Wildman–Crippen MR) is 154 cm³/mol. The first-order valence-electron chi connectivity index (χ1n) is 12.7. The van der Waals surface area contributed by atoms with Crippen LogP contribution in [0.1, 0.15) is 23.9 Å². The van der Waals surface area contributed by atoms with E-state index < -0.39 is 0 Å². The van der Waals surface area contributed by atoms with Crippen molar-refractivity contribution in [1.29, 1.82) is 0 Å². The lowest BCUT2D eigenvalue weighted by atomic mass is 10.0. The summed E-state index contributed by atoms with van der Waals surface area (Å²) in [4.78, 5) is 14.6. The first kappa shape index (κ1) is 23.5. The Morgan fingerprint density at radius 1 is 0.737 bits per heavy atom. The number of rotatable bonds is 5. The van der Waals surface area contributed by atoms with Crippen molar-refractivity contribution in [2.24, 2.45) is 5.73 Å². The fourth-order valence-corrected chi connectivity index (χ4v) is 4.52. The van der Waals surface area contributed by atoms with Crippen LogP contribution >= 0.6 is 0 Å². The van der Waals surface area contributed by atoms with Gasteiger partial charge in [-0.3, -0.25) is 0 Å². The summed E-state index contributed by atoms with van der Waals surface area (Å²) in [6, 6.07) is 26.1. The van der Waals surface area contributed by atoms with Crippen molar-refractivity contribution in [2.45, 2.75) is 12.5 Å². The highest BCUT2D eigenvalue weighted by Crippen LogP contribution is 2.26. The highest BCUT2D eigenvalue weighted by molar-refractivity contribution is 5.69. The third-order valence-electron chi connectivity index (χ3n) is 6.54. The first-order valence-corrected chi connectivity index (χ1v) is 12.7. The van der Waals surface area contributed by atoms with E-state index >= 15 is 0 Å². The van der Waals surface area contributed by atoms with Crippen LogP contribution in [0.2, 0.25) is 0 Å². The zero-order valence-corrected chi connectivity index (χ0v) is 20.8. The molecule has 38 heavy (non-hydrogen) atoms.